The molecule has 106 valence electrons. The second kappa shape index (κ2) is 6.18. The van der Waals surface area contributed by atoms with Gasteiger partial charge in [0, 0.05) is 11.5 Å². The Kier molecular flexibility index (Phi) is 4.11. The van der Waals surface area contributed by atoms with E-state index in [1.807, 2.05) is 0 Å². The Bertz CT molecular complexity index is 538. The van der Waals surface area contributed by atoms with E-state index in [9.17, 15) is 0 Å². The largest absolute Gasteiger partial charge is 0.330 e. The van der Waals surface area contributed by atoms with Crippen molar-refractivity contribution < 1.29 is 0 Å². The van der Waals surface area contributed by atoms with Gasteiger partial charge in [0.1, 0.15) is 5.82 Å². The Hall–Kier alpha value is -1.68. The molecule has 4 heteroatoms. The van der Waals surface area contributed by atoms with Gasteiger partial charge < -0.3 is 5.73 Å². The molecule has 1 saturated carbocycles. The number of benzene rings is 1. The van der Waals surface area contributed by atoms with Gasteiger partial charge in [0.25, 0.3) is 0 Å². The number of rotatable bonds is 4. The summed E-state index contributed by atoms with van der Waals surface area (Å²) in [5.74, 6) is 2.44. The number of nitrogens with two attached hydrogens (primary N) is 1. The fourth-order valence-corrected chi connectivity index (χ4v) is 2.95. The number of H-pyrrole nitrogens is 1. The van der Waals surface area contributed by atoms with Crippen LogP contribution in [0.2, 0.25) is 0 Å². The van der Waals surface area contributed by atoms with Gasteiger partial charge in [0.2, 0.25) is 0 Å². The number of aromatic nitrogens is 3. The first kappa shape index (κ1) is 13.3. The molecule has 0 saturated heterocycles. The van der Waals surface area contributed by atoms with Crippen LogP contribution in [0.5, 0.6) is 0 Å². The minimum Gasteiger partial charge on any atom is -0.330 e. The molecule has 4 nitrogen and oxygen atoms in total. The van der Waals surface area contributed by atoms with Crippen molar-refractivity contribution in [3.05, 3.63) is 35.7 Å². The maximum atomic E-state index is 5.57. The molecule has 1 aromatic carbocycles. The molecule has 3 N–H and O–H groups in total. The van der Waals surface area contributed by atoms with Crippen LogP contribution in [0, 0.1) is 0 Å². The molecule has 1 aliphatic carbocycles. The molecule has 0 aliphatic heterocycles. The Balaban J connectivity index is 1.75. The van der Waals surface area contributed by atoms with Crippen LogP contribution in [-0.4, -0.2) is 21.7 Å². The molecule has 1 aliphatic rings. The maximum Gasteiger partial charge on any atom is 0.181 e. The molecule has 0 bridgehead atoms. The van der Waals surface area contributed by atoms with E-state index in [0.717, 1.165) is 23.6 Å². The van der Waals surface area contributed by atoms with Crippen LogP contribution < -0.4 is 5.73 Å². The van der Waals surface area contributed by atoms with E-state index in [1.165, 1.54) is 37.7 Å². The third kappa shape index (κ3) is 2.90. The number of hydrogen-bond acceptors (Lipinski definition) is 3. The first-order valence-electron chi connectivity index (χ1n) is 7.58. The highest BCUT2D eigenvalue weighted by Crippen LogP contribution is 2.31. The van der Waals surface area contributed by atoms with Crippen LogP contribution in [0.4, 0.5) is 0 Å². The van der Waals surface area contributed by atoms with Gasteiger partial charge in [0.15, 0.2) is 5.82 Å². The van der Waals surface area contributed by atoms with Gasteiger partial charge in [-0.2, -0.15) is 5.10 Å². The average Bonchev–Trinajstić information content (AvgIpc) is 2.99. The van der Waals surface area contributed by atoms with E-state index < -0.39 is 0 Å². The van der Waals surface area contributed by atoms with Crippen molar-refractivity contribution in [1.29, 1.82) is 0 Å². The van der Waals surface area contributed by atoms with Gasteiger partial charge in [0.05, 0.1) is 0 Å². The number of hydrogen-bond donors (Lipinski definition) is 2. The minimum atomic E-state index is 0.571. The van der Waals surface area contributed by atoms with E-state index in [2.05, 4.69) is 39.4 Å². The van der Waals surface area contributed by atoms with Gasteiger partial charge in [-0.3, -0.25) is 5.10 Å². The number of nitrogens with one attached hydrogen (secondary N) is 1. The van der Waals surface area contributed by atoms with Crippen molar-refractivity contribution in [1.82, 2.24) is 15.2 Å². The highest BCUT2D eigenvalue weighted by Gasteiger charge is 2.19. The zero-order valence-corrected chi connectivity index (χ0v) is 11.8. The van der Waals surface area contributed by atoms with Crippen LogP contribution in [-0.2, 0) is 6.42 Å². The molecular weight excluding hydrogens is 248 g/mol. The van der Waals surface area contributed by atoms with E-state index in [0.29, 0.717) is 12.5 Å². The van der Waals surface area contributed by atoms with Crippen LogP contribution in [0.1, 0.15) is 49.4 Å². The first-order chi connectivity index (χ1) is 9.86. The lowest BCUT2D eigenvalue weighted by atomic mass is 9.89. The van der Waals surface area contributed by atoms with E-state index in [-0.39, 0.29) is 0 Å². The summed E-state index contributed by atoms with van der Waals surface area (Å²) in [5.41, 5.74) is 7.90. The topological polar surface area (TPSA) is 67.6 Å². The van der Waals surface area contributed by atoms with Crippen LogP contribution in [0.25, 0.3) is 11.4 Å². The molecule has 0 unspecified atom stereocenters. The van der Waals surface area contributed by atoms with Gasteiger partial charge in [-0.1, -0.05) is 43.5 Å². The molecule has 2 aromatic rings. The molecule has 20 heavy (non-hydrogen) atoms. The van der Waals surface area contributed by atoms with E-state index >= 15 is 0 Å². The predicted molar refractivity (Wildman–Crippen MR) is 80.4 cm³/mol. The van der Waals surface area contributed by atoms with E-state index in [1.54, 1.807) is 0 Å². The van der Waals surface area contributed by atoms with Gasteiger partial charge in [-0.15, -0.1) is 0 Å². The molecule has 1 aromatic heterocycles. The molecule has 0 atom stereocenters. The average molecular weight is 270 g/mol. The minimum absolute atomic E-state index is 0.571. The summed E-state index contributed by atoms with van der Waals surface area (Å²) in [5, 5.41) is 7.51. The summed E-state index contributed by atoms with van der Waals surface area (Å²) in [4.78, 5) is 4.69. The highest BCUT2D eigenvalue weighted by molar-refractivity contribution is 5.55. The fraction of sp³-hybridized carbons (Fsp3) is 0.500. The lowest BCUT2D eigenvalue weighted by Gasteiger charge is -2.18. The van der Waals surface area contributed by atoms with Gasteiger partial charge >= 0.3 is 0 Å². The SMILES string of the molecule is NCCc1ccc(-c2n[nH]c(C3CCCCC3)n2)cc1. The summed E-state index contributed by atoms with van der Waals surface area (Å²) in [6.07, 6.45) is 7.39. The normalized spacial score (nSPS) is 16.4. The number of nitrogens with zero attached hydrogens (tertiary/aromatic N) is 2. The summed E-state index contributed by atoms with van der Waals surface area (Å²) >= 11 is 0. The summed E-state index contributed by atoms with van der Waals surface area (Å²) in [6, 6.07) is 8.38. The van der Waals surface area contributed by atoms with Crippen molar-refractivity contribution in [3.63, 3.8) is 0 Å². The summed E-state index contributed by atoms with van der Waals surface area (Å²) < 4.78 is 0. The first-order valence-corrected chi connectivity index (χ1v) is 7.58. The van der Waals surface area contributed by atoms with Crippen molar-refractivity contribution in [2.75, 3.05) is 6.54 Å². The Morgan fingerprint density at radius 3 is 2.55 bits per heavy atom. The fourth-order valence-electron chi connectivity index (χ4n) is 2.95. The third-order valence-corrected chi connectivity index (χ3v) is 4.14. The molecule has 1 heterocycles. The Morgan fingerprint density at radius 2 is 1.85 bits per heavy atom. The van der Waals surface area contributed by atoms with Crippen molar-refractivity contribution in [2.24, 2.45) is 5.73 Å². The summed E-state index contributed by atoms with van der Waals surface area (Å²) in [7, 11) is 0. The zero-order chi connectivity index (χ0) is 13.8. The summed E-state index contributed by atoms with van der Waals surface area (Å²) in [6.45, 7) is 0.686. The van der Waals surface area contributed by atoms with Gasteiger partial charge in [-0.25, -0.2) is 4.98 Å². The second-order valence-electron chi connectivity index (χ2n) is 5.61. The monoisotopic (exact) mass is 270 g/mol. The zero-order valence-electron chi connectivity index (χ0n) is 11.8. The molecule has 0 radical (unpaired) electrons. The Morgan fingerprint density at radius 1 is 1.10 bits per heavy atom. The second-order valence-corrected chi connectivity index (χ2v) is 5.61. The quantitative estimate of drug-likeness (QED) is 0.897. The molecule has 0 amide bonds. The van der Waals surface area contributed by atoms with Crippen molar-refractivity contribution >= 4 is 0 Å². The maximum absolute atomic E-state index is 5.57. The standard InChI is InChI=1S/C16H22N4/c17-11-10-12-6-8-14(9-7-12)16-18-15(19-20-16)13-4-2-1-3-5-13/h6-9,13H,1-5,10-11,17H2,(H,18,19,20). The van der Waals surface area contributed by atoms with Crippen molar-refractivity contribution in [3.8, 4) is 11.4 Å². The lowest BCUT2D eigenvalue weighted by molar-refractivity contribution is 0.429. The molecular formula is C16H22N4. The lowest BCUT2D eigenvalue weighted by Crippen LogP contribution is -2.06. The molecule has 3 rings (SSSR count). The highest BCUT2D eigenvalue weighted by atomic mass is 15.2. The van der Waals surface area contributed by atoms with Crippen molar-refractivity contribution in [2.45, 2.75) is 44.4 Å². The van der Waals surface area contributed by atoms with Crippen LogP contribution in [0.15, 0.2) is 24.3 Å². The molecule has 1 fully saturated rings. The van der Waals surface area contributed by atoms with E-state index in [4.69, 9.17) is 5.73 Å². The Labute approximate surface area is 119 Å². The van der Waals surface area contributed by atoms with Crippen LogP contribution >= 0.6 is 0 Å². The molecule has 0 spiro atoms. The third-order valence-electron chi connectivity index (χ3n) is 4.14. The van der Waals surface area contributed by atoms with Gasteiger partial charge in [-0.05, 0) is 31.4 Å². The van der Waals surface area contributed by atoms with Crippen LogP contribution in [0.3, 0.4) is 0 Å². The smallest absolute Gasteiger partial charge is 0.181 e. The predicted octanol–water partition coefficient (Wildman–Crippen LogP) is 3.02. The number of aromatic amines is 1.